The lowest BCUT2D eigenvalue weighted by atomic mass is 9.76. The van der Waals surface area contributed by atoms with Crippen LogP contribution in [0.3, 0.4) is 0 Å². The Morgan fingerprint density at radius 2 is 1.48 bits per heavy atom. The molecular weight excluding hydrogens is 434 g/mol. The molecule has 3 heterocycles. The number of rotatable bonds is 7. The van der Waals surface area contributed by atoms with Crippen LogP contribution < -0.4 is 4.72 Å². The maximum Gasteiger partial charge on any atom is 0.230 e. The van der Waals surface area contributed by atoms with Crippen molar-refractivity contribution in [2.24, 2.45) is 0 Å². The van der Waals surface area contributed by atoms with Gasteiger partial charge in [-0.15, -0.1) is 0 Å². The van der Waals surface area contributed by atoms with Crippen molar-refractivity contribution < 1.29 is 8.42 Å². The number of benzene rings is 1. The Kier molecular flexibility index (Phi) is 6.43. The predicted octanol–water partition coefficient (Wildman–Crippen LogP) is 4.08. The summed E-state index contributed by atoms with van der Waals surface area (Å²) in [6.07, 6.45) is 8.12. The van der Waals surface area contributed by atoms with Gasteiger partial charge in [0.25, 0.3) is 0 Å². The molecule has 0 spiro atoms. The Labute approximate surface area is 192 Å². The Hall–Kier alpha value is -4.09. The van der Waals surface area contributed by atoms with Crippen molar-refractivity contribution in [2.75, 3.05) is 11.0 Å². The van der Waals surface area contributed by atoms with E-state index in [-0.39, 0.29) is 17.7 Å². The van der Waals surface area contributed by atoms with Crippen molar-refractivity contribution in [2.45, 2.75) is 11.8 Å². The van der Waals surface area contributed by atoms with E-state index in [1.54, 1.807) is 43.0 Å². The van der Waals surface area contributed by atoms with Gasteiger partial charge in [-0.05, 0) is 53.1 Å². The SMILES string of the molecule is CS(=O)(=O)Nc1cccc(C(c2cccc(C#N)c2)C(c2cccnc2)c2cccnc2)n1. The molecule has 1 N–H and O–H groups in total. The van der Waals surface area contributed by atoms with Crippen molar-refractivity contribution >= 4 is 15.8 Å². The third kappa shape index (κ3) is 5.40. The Bertz CT molecular complexity index is 1350. The molecule has 0 saturated heterocycles. The molecule has 33 heavy (non-hydrogen) atoms. The van der Waals surface area contributed by atoms with E-state index in [1.807, 2.05) is 48.5 Å². The first-order valence-corrected chi connectivity index (χ1v) is 12.1. The van der Waals surface area contributed by atoms with E-state index in [9.17, 15) is 13.7 Å². The number of hydrogen-bond acceptors (Lipinski definition) is 6. The molecule has 1 aromatic carbocycles. The quantitative estimate of drug-likeness (QED) is 0.450. The van der Waals surface area contributed by atoms with E-state index < -0.39 is 10.0 Å². The minimum absolute atomic E-state index is 0.229. The fourth-order valence-corrected chi connectivity index (χ4v) is 4.40. The first-order chi connectivity index (χ1) is 15.9. The van der Waals surface area contributed by atoms with Crippen LogP contribution in [0.5, 0.6) is 0 Å². The van der Waals surface area contributed by atoms with Crippen molar-refractivity contribution in [3.05, 3.63) is 119 Å². The minimum atomic E-state index is -3.50. The number of nitrogens with one attached hydrogen (secondary N) is 1. The number of anilines is 1. The zero-order chi connectivity index (χ0) is 23.3. The van der Waals surface area contributed by atoms with E-state index in [1.165, 1.54) is 0 Å². The highest BCUT2D eigenvalue weighted by Crippen LogP contribution is 2.42. The highest BCUT2D eigenvalue weighted by atomic mass is 32.2. The summed E-state index contributed by atoms with van der Waals surface area (Å²) in [6, 6.07) is 22.5. The van der Waals surface area contributed by atoms with E-state index >= 15 is 0 Å². The number of sulfonamides is 1. The molecule has 0 aliphatic heterocycles. The molecule has 4 rings (SSSR count). The number of nitrogens with zero attached hydrogens (tertiary/aromatic N) is 4. The summed E-state index contributed by atoms with van der Waals surface area (Å²) in [7, 11) is -3.50. The molecule has 1 unspecified atom stereocenters. The molecule has 0 fully saturated rings. The van der Waals surface area contributed by atoms with Gasteiger partial charge >= 0.3 is 0 Å². The molecule has 4 aromatic rings. The lowest BCUT2D eigenvalue weighted by Gasteiger charge is -2.28. The second-order valence-electron chi connectivity index (χ2n) is 7.59. The topological polar surface area (TPSA) is 109 Å². The van der Waals surface area contributed by atoms with Crippen LogP contribution in [0.25, 0.3) is 0 Å². The van der Waals surface area contributed by atoms with Gasteiger partial charge in [-0.25, -0.2) is 13.4 Å². The third-order valence-electron chi connectivity index (χ3n) is 5.17. The lowest BCUT2D eigenvalue weighted by Crippen LogP contribution is -2.18. The van der Waals surface area contributed by atoms with Gasteiger partial charge in [0.1, 0.15) is 5.82 Å². The Balaban J connectivity index is 1.95. The molecule has 164 valence electrons. The van der Waals surface area contributed by atoms with E-state index in [0.29, 0.717) is 11.3 Å². The van der Waals surface area contributed by atoms with Crippen LogP contribution in [0.2, 0.25) is 0 Å². The van der Waals surface area contributed by atoms with Crippen LogP contribution in [0.15, 0.2) is 91.5 Å². The standard InChI is InChI=1S/C25H21N5O2S/c1-33(31,32)30-23-11-3-10-22(29-23)25(19-7-2-6-18(14-19)15-26)24(20-8-4-12-27-16-20)21-9-5-13-28-17-21/h2-14,16-17,24-25H,1H3,(H,29,30). The van der Waals surface area contributed by atoms with Crippen LogP contribution in [0, 0.1) is 11.3 Å². The minimum Gasteiger partial charge on any atom is -0.268 e. The second-order valence-corrected chi connectivity index (χ2v) is 9.34. The molecule has 0 radical (unpaired) electrons. The Morgan fingerprint density at radius 1 is 0.848 bits per heavy atom. The Morgan fingerprint density at radius 3 is 2.06 bits per heavy atom. The van der Waals surface area contributed by atoms with Crippen molar-refractivity contribution in [3.63, 3.8) is 0 Å². The smallest absolute Gasteiger partial charge is 0.230 e. The summed E-state index contributed by atoms with van der Waals surface area (Å²) >= 11 is 0. The maximum absolute atomic E-state index is 11.8. The van der Waals surface area contributed by atoms with Crippen LogP contribution in [-0.4, -0.2) is 29.6 Å². The fourth-order valence-electron chi connectivity index (χ4n) is 3.90. The highest BCUT2D eigenvalue weighted by Gasteiger charge is 2.30. The first kappa shape index (κ1) is 22.1. The zero-order valence-electron chi connectivity index (χ0n) is 17.8. The van der Waals surface area contributed by atoms with E-state index in [4.69, 9.17) is 0 Å². The number of nitriles is 1. The van der Waals surface area contributed by atoms with Crippen molar-refractivity contribution in [1.82, 2.24) is 15.0 Å². The first-order valence-electron chi connectivity index (χ1n) is 10.2. The van der Waals surface area contributed by atoms with Gasteiger partial charge in [-0.1, -0.05) is 30.3 Å². The third-order valence-corrected chi connectivity index (χ3v) is 5.75. The summed E-state index contributed by atoms with van der Waals surface area (Å²) in [5.74, 6) is -0.345. The fraction of sp³-hybridized carbons (Fsp3) is 0.120. The van der Waals surface area contributed by atoms with Gasteiger partial charge in [0.15, 0.2) is 0 Å². The van der Waals surface area contributed by atoms with Crippen molar-refractivity contribution in [3.8, 4) is 6.07 Å². The molecule has 0 saturated carbocycles. The highest BCUT2D eigenvalue weighted by molar-refractivity contribution is 7.92. The number of aromatic nitrogens is 3. The molecule has 1 atom stereocenters. The summed E-state index contributed by atoms with van der Waals surface area (Å²) in [4.78, 5) is 13.3. The summed E-state index contributed by atoms with van der Waals surface area (Å²) in [6.45, 7) is 0. The monoisotopic (exact) mass is 455 g/mol. The molecular formula is C25H21N5O2S. The predicted molar refractivity (Wildman–Crippen MR) is 126 cm³/mol. The van der Waals surface area contributed by atoms with Crippen LogP contribution in [-0.2, 0) is 10.0 Å². The van der Waals surface area contributed by atoms with Crippen LogP contribution >= 0.6 is 0 Å². The molecule has 0 aliphatic rings. The van der Waals surface area contributed by atoms with Gasteiger partial charge < -0.3 is 0 Å². The molecule has 3 aromatic heterocycles. The van der Waals surface area contributed by atoms with Gasteiger partial charge in [0.2, 0.25) is 10.0 Å². The number of hydrogen-bond donors (Lipinski definition) is 1. The van der Waals surface area contributed by atoms with E-state index in [2.05, 4.69) is 25.7 Å². The van der Waals surface area contributed by atoms with Crippen molar-refractivity contribution in [1.29, 1.82) is 5.26 Å². The van der Waals surface area contributed by atoms with Crippen LogP contribution in [0.1, 0.15) is 39.8 Å². The van der Waals surface area contributed by atoms with Gasteiger partial charge in [-0.3, -0.25) is 14.7 Å². The normalized spacial score (nSPS) is 12.2. The van der Waals surface area contributed by atoms with Gasteiger partial charge in [0.05, 0.1) is 23.6 Å². The summed E-state index contributed by atoms with van der Waals surface area (Å²) in [5, 5.41) is 9.50. The molecule has 0 bridgehead atoms. The number of pyridine rings is 3. The molecule has 0 amide bonds. The largest absolute Gasteiger partial charge is 0.268 e. The van der Waals surface area contributed by atoms with Gasteiger partial charge in [-0.2, -0.15) is 5.26 Å². The van der Waals surface area contributed by atoms with Crippen LogP contribution in [0.4, 0.5) is 5.82 Å². The maximum atomic E-state index is 11.8. The van der Waals surface area contributed by atoms with E-state index in [0.717, 1.165) is 22.9 Å². The lowest BCUT2D eigenvalue weighted by molar-refractivity contribution is 0.606. The summed E-state index contributed by atoms with van der Waals surface area (Å²) < 4.78 is 26.1. The molecule has 7 nitrogen and oxygen atoms in total. The molecule has 0 aliphatic carbocycles. The second kappa shape index (κ2) is 9.59. The summed E-state index contributed by atoms with van der Waals surface area (Å²) in [5.41, 5.74) is 3.94. The molecule has 8 heteroatoms. The zero-order valence-corrected chi connectivity index (χ0v) is 18.6. The average Bonchev–Trinajstić information content (AvgIpc) is 2.82. The average molecular weight is 456 g/mol. The van der Waals surface area contributed by atoms with Gasteiger partial charge in [0, 0.05) is 36.6 Å².